The number of thioether (sulfide) groups is 1. The molecule has 1 aromatic carbocycles. The predicted molar refractivity (Wildman–Crippen MR) is 68.6 cm³/mol. The van der Waals surface area contributed by atoms with Gasteiger partial charge in [-0.3, -0.25) is 0 Å². The smallest absolute Gasteiger partial charge is 0.0446 e. The van der Waals surface area contributed by atoms with Gasteiger partial charge in [-0.2, -0.15) is 11.8 Å². The van der Waals surface area contributed by atoms with Gasteiger partial charge in [-0.1, -0.05) is 29.8 Å². The average molecular weight is 242 g/mol. The zero-order chi connectivity index (χ0) is 10.5. The maximum absolute atomic E-state index is 6.09. The van der Waals surface area contributed by atoms with Crippen LogP contribution in [-0.2, 0) is 5.75 Å². The van der Waals surface area contributed by atoms with Crippen molar-refractivity contribution in [3.63, 3.8) is 0 Å². The van der Waals surface area contributed by atoms with E-state index >= 15 is 0 Å². The summed E-state index contributed by atoms with van der Waals surface area (Å²) in [5.74, 6) is 2.23. The van der Waals surface area contributed by atoms with Gasteiger partial charge in [0.25, 0.3) is 0 Å². The molecule has 1 aliphatic heterocycles. The molecule has 0 aromatic heterocycles. The second-order valence-corrected chi connectivity index (χ2v) is 5.34. The average Bonchev–Trinajstić information content (AvgIpc) is 2.74. The van der Waals surface area contributed by atoms with Crippen LogP contribution in [0.4, 0.5) is 0 Å². The predicted octanol–water partition coefficient (Wildman–Crippen LogP) is 3.33. The second kappa shape index (κ2) is 5.78. The van der Waals surface area contributed by atoms with E-state index in [0.29, 0.717) is 0 Å². The van der Waals surface area contributed by atoms with Crippen LogP contribution in [-0.4, -0.2) is 18.3 Å². The minimum Gasteiger partial charge on any atom is -0.313 e. The number of rotatable bonds is 4. The molecule has 82 valence electrons. The van der Waals surface area contributed by atoms with E-state index in [2.05, 4.69) is 17.4 Å². The Morgan fingerprint density at radius 1 is 1.40 bits per heavy atom. The molecule has 0 bridgehead atoms. The first-order valence-electron chi connectivity index (χ1n) is 5.41. The van der Waals surface area contributed by atoms with E-state index in [1.165, 1.54) is 30.7 Å². The summed E-state index contributed by atoms with van der Waals surface area (Å²) < 4.78 is 0. The molecule has 1 nitrogen and oxygen atoms in total. The zero-order valence-corrected chi connectivity index (χ0v) is 10.3. The highest BCUT2D eigenvalue weighted by atomic mass is 35.5. The minimum absolute atomic E-state index is 0.720. The number of nitrogens with one attached hydrogen (secondary N) is 1. The Kier molecular flexibility index (Phi) is 4.36. The van der Waals surface area contributed by atoms with Crippen LogP contribution in [0.5, 0.6) is 0 Å². The number of halogens is 1. The Morgan fingerprint density at radius 2 is 2.27 bits per heavy atom. The highest BCUT2D eigenvalue weighted by Gasteiger charge is 2.13. The Hall–Kier alpha value is -0.180. The molecule has 1 fully saturated rings. The number of hydrogen-bond donors (Lipinski definition) is 1. The van der Waals surface area contributed by atoms with Crippen LogP contribution in [0.3, 0.4) is 0 Å². The molecule has 1 unspecified atom stereocenters. The van der Waals surface area contributed by atoms with Crippen molar-refractivity contribution in [2.75, 3.05) is 12.3 Å². The third-order valence-corrected chi connectivity index (χ3v) is 4.22. The van der Waals surface area contributed by atoms with Gasteiger partial charge in [0.1, 0.15) is 0 Å². The van der Waals surface area contributed by atoms with Crippen LogP contribution in [0.2, 0.25) is 5.02 Å². The van der Waals surface area contributed by atoms with Crippen LogP contribution in [0.1, 0.15) is 18.4 Å². The summed E-state index contributed by atoms with van der Waals surface area (Å²) in [6.07, 6.45) is 2.66. The third kappa shape index (κ3) is 3.40. The molecule has 0 spiro atoms. The van der Waals surface area contributed by atoms with Crippen LogP contribution in [0, 0.1) is 0 Å². The maximum atomic E-state index is 6.09. The quantitative estimate of drug-likeness (QED) is 0.868. The molecule has 0 radical (unpaired) electrons. The lowest BCUT2D eigenvalue weighted by atomic mass is 10.2. The molecule has 1 saturated heterocycles. The molecule has 0 aliphatic carbocycles. The second-order valence-electron chi connectivity index (χ2n) is 3.90. The Morgan fingerprint density at radius 3 is 3.00 bits per heavy atom. The van der Waals surface area contributed by atoms with Gasteiger partial charge in [0.05, 0.1) is 0 Å². The zero-order valence-electron chi connectivity index (χ0n) is 8.71. The molecule has 2 rings (SSSR count). The van der Waals surface area contributed by atoms with E-state index in [9.17, 15) is 0 Å². The molecule has 1 atom stereocenters. The normalized spacial score (nSPS) is 20.7. The van der Waals surface area contributed by atoms with Crippen molar-refractivity contribution >= 4 is 23.4 Å². The van der Waals surface area contributed by atoms with Gasteiger partial charge < -0.3 is 5.32 Å². The van der Waals surface area contributed by atoms with E-state index in [-0.39, 0.29) is 0 Å². The largest absolute Gasteiger partial charge is 0.313 e. The molecule has 3 heteroatoms. The van der Waals surface area contributed by atoms with Gasteiger partial charge in [-0.25, -0.2) is 0 Å². The molecule has 1 N–H and O–H groups in total. The fraction of sp³-hybridized carbons (Fsp3) is 0.500. The van der Waals surface area contributed by atoms with Crippen molar-refractivity contribution in [3.05, 3.63) is 34.9 Å². The summed E-state index contributed by atoms with van der Waals surface area (Å²) in [7, 11) is 0. The summed E-state index contributed by atoms with van der Waals surface area (Å²) in [5, 5.41) is 4.40. The lowest BCUT2D eigenvalue weighted by molar-refractivity contribution is 0.674. The molecule has 15 heavy (non-hydrogen) atoms. The van der Waals surface area contributed by atoms with Gasteiger partial charge in [0, 0.05) is 22.6 Å². The molecule has 1 heterocycles. The van der Waals surface area contributed by atoms with E-state index in [0.717, 1.165) is 16.8 Å². The number of hydrogen-bond acceptors (Lipinski definition) is 2. The lowest BCUT2D eigenvalue weighted by Gasteiger charge is -2.09. The van der Waals surface area contributed by atoms with Gasteiger partial charge in [-0.15, -0.1) is 0 Å². The summed E-state index contributed by atoms with van der Waals surface area (Å²) in [4.78, 5) is 0. The van der Waals surface area contributed by atoms with E-state index in [4.69, 9.17) is 11.6 Å². The molecular formula is C12H16ClNS. The molecular weight excluding hydrogens is 226 g/mol. The Bertz CT molecular complexity index is 310. The summed E-state index contributed by atoms with van der Waals surface area (Å²) in [5.41, 5.74) is 1.25. The van der Waals surface area contributed by atoms with E-state index < -0.39 is 0 Å². The van der Waals surface area contributed by atoms with Crippen molar-refractivity contribution in [2.24, 2.45) is 0 Å². The first-order valence-corrected chi connectivity index (χ1v) is 6.94. The Labute approximate surface area is 101 Å². The Balaban J connectivity index is 1.75. The van der Waals surface area contributed by atoms with Gasteiger partial charge in [0.2, 0.25) is 0 Å². The van der Waals surface area contributed by atoms with Gasteiger partial charge in [0.15, 0.2) is 0 Å². The van der Waals surface area contributed by atoms with Gasteiger partial charge in [-0.05, 0) is 31.0 Å². The van der Waals surface area contributed by atoms with Gasteiger partial charge >= 0.3 is 0 Å². The van der Waals surface area contributed by atoms with Crippen LogP contribution in [0.15, 0.2) is 24.3 Å². The fourth-order valence-electron chi connectivity index (χ4n) is 1.83. The highest BCUT2D eigenvalue weighted by Crippen LogP contribution is 2.22. The molecule has 1 aromatic rings. The topological polar surface area (TPSA) is 12.0 Å². The highest BCUT2D eigenvalue weighted by molar-refractivity contribution is 7.98. The SMILES string of the molecule is Clc1ccccc1CSCC1CCCN1. The first kappa shape index (κ1) is 11.3. The summed E-state index contributed by atoms with van der Waals surface area (Å²) in [6, 6.07) is 8.82. The summed E-state index contributed by atoms with van der Waals surface area (Å²) in [6.45, 7) is 1.19. The van der Waals surface area contributed by atoms with Crippen LogP contribution < -0.4 is 5.32 Å². The van der Waals surface area contributed by atoms with Crippen molar-refractivity contribution in [3.8, 4) is 0 Å². The molecule has 1 aliphatic rings. The molecule has 0 amide bonds. The maximum Gasteiger partial charge on any atom is 0.0446 e. The van der Waals surface area contributed by atoms with Crippen molar-refractivity contribution in [1.29, 1.82) is 0 Å². The third-order valence-electron chi connectivity index (χ3n) is 2.70. The van der Waals surface area contributed by atoms with E-state index in [1.807, 2.05) is 23.9 Å². The van der Waals surface area contributed by atoms with Crippen molar-refractivity contribution < 1.29 is 0 Å². The number of benzene rings is 1. The van der Waals surface area contributed by atoms with Crippen molar-refractivity contribution in [2.45, 2.75) is 24.6 Å². The fourth-order valence-corrected chi connectivity index (χ4v) is 3.27. The lowest BCUT2D eigenvalue weighted by Crippen LogP contribution is -2.23. The van der Waals surface area contributed by atoms with Crippen molar-refractivity contribution in [1.82, 2.24) is 5.32 Å². The first-order chi connectivity index (χ1) is 7.36. The van der Waals surface area contributed by atoms with E-state index in [1.54, 1.807) is 0 Å². The van der Waals surface area contributed by atoms with Crippen LogP contribution in [0.25, 0.3) is 0 Å². The standard InChI is InChI=1S/C12H16ClNS/c13-12-6-2-1-4-10(12)8-15-9-11-5-3-7-14-11/h1-2,4,6,11,14H,3,5,7-9H2. The van der Waals surface area contributed by atoms with Crippen LogP contribution >= 0.6 is 23.4 Å². The minimum atomic E-state index is 0.720. The summed E-state index contributed by atoms with van der Waals surface area (Å²) >= 11 is 8.06. The molecule has 0 saturated carbocycles. The monoisotopic (exact) mass is 241 g/mol.